The van der Waals surface area contributed by atoms with E-state index < -0.39 is 0 Å². The maximum Gasteiger partial charge on any atom is 0.0264 e. The Hall–Kier alpha value is -3.32. The van der Waals surface area contributed by atoms with Crippen LogP contribution in [0.3, 0.4) is 0 Å². The van der Waals surface area contributed by atoms with Crippen molar-refractivity contribution in [1.29, 1.82) is 0 Å². The van der Waals surface area contributed by atoms with Crippen LogP contribution in [0.2, 0.25) is 0 Å². The third-order valence-corrected chi connectivity index (χ3v) is 11.5. The first-order valence-corrected chi connectivity index (χ1v) is 19.1. The Labute approximate surface area is 295 Å². The Morgan fingerprint density at radius 1 is 0.571 bits per heavy atom. The molecule has 0 amide bonds. The van der Waals surface area contributed by atoms with Crippen molar-refractivity contribution in [3.05, 3.63) is 144 Å². The molecule has 0 aliphatic carbocycles. The average Bonchev–Trinajstić information content (AvgIpc) is 3.59. The molecule has 0 bridgehead atoms. The molecule has 1 unspecified atom stereocenters. The monoisotopic (exact) mass is 655 g/mol. The minimum atomic E-state index is 0.515. The zero-order chi connectivity index (χ0) is 33.1. The van der Waals surface area contributed by atoms with Crippen LogP contribution in [0.5, 0.6) is 0 Å². The van der Waals surface area contributed by atoms with Crippen molar-refractivity contribution in [2.24, 2.45) is 0 Å². The van der Waals surface area contributed by atoms with E-state index in [1.165, 1.54) is 48.2 Å². The third kappa shape index (κ3) is 9.68. The number of benzene rings is 4. The van der Waals surface area contributed by atoms with E-state index >= 15 is 0 Å². The summed E-state index contributed by atoms with van der Waals surface area (Å²) in [4.78, 5) is 11.4. The van der Waals surface area contributed by atoms with E-state index in [-0.39, 0.29) is 0 Å². The zero-order valence-electron chi connectivity index (χ0n) is 29.5. The summed E-state index contributed by atoms with van der Waals surface area (Å²) >= 11 is 0. The second-order valence-corrected chi connectivity index (χ2v) is 14.8. The van der Waals surface area contributed by atoms with E-state index in [4.69, 9.17) is 0 Å². The third-order valence-electron chi connectivity index (χ3n) is 11.5. The first-order valence-electron chi connectivity index (χ1n) is 19.1. The molecule has 0 radical (unpaired) electrons. The fourth-order valence-corrected chi connectivity index (χ4v) is 8.75. The molecule has 1 N–H and O–H groups in total. The number of nitrogens with zero attached hydrogens (tertiary/aromatic N) is 4. The highest BCUT2D eigenvalue weighted by atomic mass is 15.3. The van der Waals surface area contributed by atoms with E-state index in [0.29, 0.717) is 24.2 Å². The largest absolute Gasteiger partial charge is 0.314 e. The van der Waals surface area contributed by atoms with Crippen molar-refractivity contribution in [2.75, 3.05) is 65.4 Å². The summed E-state index contributed by atoms with van der Waals surface area (Å²) < 4.78 is 0. The predicted molar refractivity (Wildman–Crippen MR) is 204 cm³/mol. The van der Waals surface area contributed by atoms with Crippen LogP contribution < -0.4 is 5.32 Å². The summed E-state index contributed by atoms with van der Waals surface area (Å²) in [5, 5.41) is 3.70. The van der Waals surface area contributed by atoms with Crippen LogP contribution in [-0.4, -0.2) is 109 Å². The number of likely N-dealkylation sites (tertiary alicyclic amines) is 1. The van der Waals surface area contributed by atoms with Crippen molar-refractivity contribution in [3.8, 4) is 0 Å². The molecular weight excluding hydrogens is 599 g/mol. The summed E-state index contributed by atoms with van der Waals surface area (Å²) in [6.45, 7) is 11.5. The van der Waals surface area contributed by atoms with Crippen LogP contribution in [0.4, 0.5) is 0 Å². The quantitative estimate of drug-likeness (QED) is 0.179. The molecule has 3 fully saturated rings. The van der Waals surface area contributed by atoms with Crippen molar-refractivity contribution < 1.29 is 0 Å². The molecule has 3 saturated heterocycles. The molecular formula is C44H57N5. The molecule has 0 saturated carbocycles. The molecule has 5 heteroatoms. The summed E-state index contributed by atoms with van der Waals surface area (Å²) in [6, 6.07) is 46.9. The minimum absolute atomic E-state index is 0.515. The topological polar surface area (TPSA) is 25.0 Å². The second kappa shape index (κ2) is 17.6. The van der Waals surface area contributed by atoms with Crippen LogP contribution in [0.15, 0.2) is 121 Å². The van der Waals surface area contributed by atoms with Gasteiger partial charge in [0.05, 0.1) is 0 Å². The van der Waals surface area contributed by atoms with Gasteiger partial charge in [-0.3, -0.25) is 19.6 Å². The van der Waals surface area contributed by atoms with Gasteiger partial charge in [0.2, 0.25) is 0 Å². The molecule has 49 heavy (non-hydrogen) atoms. The van der Waals surface area contributed by atoms with Crippen molar-refractivity contribution in [2.45, 2.75) is 62.7 Å². The van der Waals surface area contributed by atoms with Crippen LogP contribution in [0.25, 0.3) is 0 Å². The summed E-state index contributed by atoms with van der Waals surface area (Å²) in [6.07, 6.45) is 7.13. The second-order valence-electron chi connectivity index (χ2n) is 14.8. The van der Waals surface area contributed by atoms with Crippen LogP contribution in [0, 0.1) is 0 Å². The zero-order valence-corrected chi connectivity index (χ0v) is 29.5. The van der Waals surface area contributed by atoms with E-state index in [1.807, 2.05) is 0 Å². The van der Waals surface area contributed by atoms with Crippen molar-refractivity contribution >= 4 is 0 Å². The maximum absolute atomic E-state index is 3.70. The molecule has 0 aromatic heterocycles. The molecule has 4 aromatic rings. The van der Waals surface area contributed by atoms with Crippen molar-refractivity contribution in [1.82, 2.24) is 24.9 Å². The molecule has 0 spiro atoms. The van der Waals surface area contributed by atoms with Gasteiger partial charge in [-0.15, -0.1) is 0 Å². The van der Waals surface area contributed by atoms with Gasteiger partial charge in [0.15, 0.2) is 0 Å². The van der Waals surface area contributed by atoms with Gasteiger partial charge in [-0.05, 0) is 67.3 Å². The normalized spacial score (nSPS) is 23.5. The van der Waals surface area contributed by atoms with Gasteiger partial charge in [-0.1, -0.05) is 121 Å². The predicted octanol–water partition coefficient (Wildman–Crippen LogP) is 6.05. The lowest BCUT2D eigenvalue weighted by Gasteiger charge is -2.46. The number of rotatable bonds is 14. The number of piperazine rings is 2. The molecule has 3 heterocycles. The van der Waals surface area contributed by atoms with E-state index in [9.17, 15) is 0 Å². The molecule has 4 aromatic carbocycles. The highest BCUT2D eigenvalue weighted by molar-refractivity contribution is 5.20. The van der Waals surface area contributed by atoms with Gasteiger partial charge in [-0.2, -0.15) is 0 Å². The standard InChI is InChI=1S/C44H57N5/c1-5-14-37(15-6-1)23-26-46-28-29-49(35-43(46)31-39-18-9-3-10-19-39)44(32-40-20-11-4-12-21-40)36-47-25-13-22-41(47)34-48-27-24-45-33-42(48)30-38-16-7-2-8-17-38/h1-12,14-21,41-45H,13,22-36H2/t41?,42-,43-,44-/m0/s1. The molecule has 5 nitrogen and oxygen atoms in total. The molecule has 3 aliphatic heterocycles. The van der Waals surface area contributed by atoms with E-state index in [1.54, 1.807) is 0 Å². The van der Waals surface area contributed by atoms with Crippen molar-refractivity contribution in [3.63, 3.8) is 0 Å². The lowest BCUT2D eigenvalue weighted by Crippen LogP contribution is -2.60. The smallest absolute Gasteiger partial charge is 0.0264 e. The van der Waals surface area contributed by atoms with Gasteiger partial charge < -0.3 is 5.32 Å². The number of hydrogen-bond acceptors (Lipinski definition) is 5. The van der Waals surface area contributed by atoms with E-state index in [0.717, 1.165) is 78.0 Å². The lowest BCUT2D eigenvalue weighted by molar-refractivity contribution is 0.0299. The van der Waals surface area contributed by atoms with Gasteiger partial charge in [0.1, 0.15) is 0 Å². The van der Waals surface area contributed by atoms with Crippen LogP contribution >= 0.6 is 0 Å². The first-order chi connectivity index (χ1) is 24.3. The van der Waals surface area contributed by atoms with Gasteiger partial charge in [-0.25, -0.2) is 0 Å². The Morgan fingerprint density at radius 3 is 1.86 bits per heavy atom. The highest BCUT2D eigenvalue weighted by Gasteiger charge is 2.35. The van der Waals surface area contributed by atoms with Gasteiger partial charge >= 0.3 is 0 Å². The summed E-state index contributed by atoms with van der Waals surface area (Å²) in [5.41, 5.74) is 5.83. The fourth-order valence-electron chi connectivity index (χ4n) is 8.75. The number of nitrogens with one attached hydrogen (secondary N) is 1. The first kappa shape index (κ1) is 34.1. The Balaban J connectivity index is 1.06. The summed E-state index contributed by atoms with van der Waals surface area (Å²) in [7, 11) is 0. The molecule has 4 atom stereocenters. The highest BCUT2D eigenvalue weighted by Crippen LogP contribution is 2.25. The average molecular weight is 656 g/mol. The fraction of sp³-hybridized carbons (Fsp3) is 0.455. The molecule has 258 valence electrons. The van der Waals surface area contributed by atoms with Crippen LogP contribution in [-0.2, 0) is 25.7 Å². The van der Waals surface area contributed by atoms with Gasteiger partial charge in [0.25, 0.3) is 0 Å². The number of hydrogen-bond donors (Lipinski definition) is 1. The summed E-state index contributed by atoms with van der Waals surface area (Å²) in [5.74, 6) is 0. The minimum Gasteiger partial charge on any atom is -0.314 e. The Bertz CT molecular complexity index is 1500. The Kier molecular flexibility index (Phi) is 12.2. The van der Waals surface area contributed by atoms with Crippen LogP contribution in [0.1, 0.15) is 35.1 Å². The van der Waals surface area contributed by atoms with Gasteiger partial charge in [0, 0.05) is 83.1 Å². The SMILES string of the molecule is c1ccc(CCN2CCN([C@@H](Cc3ccccc3)CN3CCCC3CN3CCNC[C@@H]3Cc3ccccc3)C[C@@H]2Cc2ccccc2)cc1. The lowest BCUT2D eigenvalue weighted by atomic mass is 9.97. The Morgan fingerprint density at radius 2 is 1.18 bits per heavy atom. The molecule has 3 aliphatic rings. The molecule has 7 rings (SSSR count). The van der Waals surface area contributed by atoms with E-state index in [2.05, 4.69) is 146 Å². The maximum atomic E-state index is 3.70.